The third-order valence-electron chi connectivity index (χ3n) is 9.33. The molecule has 142 valence electrons. The quantitative estimate of drug-likeness (QED) is 0.615. The highest BCUT2D eigenvalue weighted by molar-refractivity contribution is 5.87. The van der Waals surface area contributed by atoms with E-state index in [4.69, 9.17) is 5.11 Å². The van der Waals surface area contributed by atoms with Crippen molar-refractivity contribution >= 4 is 5.97 Å². The first-order chi connectivity index (χ1) is 12.4. The highest BCUT2D eigenvalue weighted by atomic mass is 16.4. The standard InChI is InChI=1S/C24H34O2/c1-16(7-12-22(25)26)19-10-11-20-18-9-8-17-6-4-5-14-23(17,2)21(18)13-15-24(19,20)3/h17-21H,1,4-6,8-11,13-15H2,2-3H3,(H,25,26)/t17?,18-,19+,20-,21-,23-,24+/m0/s1. The van der Waals surface area contributed by atoms with Crippen LogP contribution in [0.5, 0.6) is 0 Å². The summed E-state index contributed by atoms with van der Waals surface area (Å²) in [5, 5.41) is 8.88. The molecule has 0 aromatic heterocycles. The SMILES string of the molecule is C=C(C#CC(=O)O)[C@H]1CC[C@H]2[C@@H]3CCC4CCCC[C@]4(C)[C@H]3CC[C@]12C. The van der Waals surface area contributed by atoms with E-state index in [1.807, 2.05) is 0 Å². The first-order valence-corrected chi connectivity index (χ1v) is 10.8. The highest BCUT2D eigenvalue weighted by Crippen LogP contribution is 2.68. The largest absolute Gasteiger partial charge is 0.472 e. The van der Waals surface area contributed by atoms with Gasteiger partial charge in [-0.1, -0.05) is 39.2 Å². The average Bonchev–Trinajstić information content (AvgIpc) is 2.96. The smallest absolute Gasteiger partial charge is 0.382 e. The Kier molecular flexibility index (Phi) is 4.49. The number of fused-ring (bicyclic) bond motifs is 5. The van der Waals surface area contributed by atoms with E-state index in [0.717, 1.165) is 35.7 Å². The molecular formula is C24H34O2. The molecule has 0 radical (unpaired) electrons. The number of hydrogen-bond acceptors (Lipinski definition) is 1. The summed E-state index contributed by atoms with van der Waals surface area (Å²) >= 11 is 0. The molecule has 1 unspecified atom stereocenters. The maximum absolute atomic E-state index is 10.8. The summed E-state index contributed by atoms with van der Waals surface area (Å²) in [6, 6.07) is 0. The summed E-state index contributed by atoms with van der Waals surface area (Å²) in [6.07, 6.45) is 13.7. The Morgan fingerprint density at radius 1 is 0.923 bits per heavy atom. The molecule has 2 nitrogen and oxygen atoms in total. The minimum atomic E-state index is -1.04. The molecule has 4 saturated carbocycles. The molecule has 0 spiro atoms. The molecule has 0 bridgehead atoms. The molecule has 0 amide bonds. The van der Waals surface area contributed by atoms with Crippen LogP contribution < -0.4 is 0 Å². The summed E-state index contributed by atoms with van der Waals surface area (Å²) in [6.45, 7) is 9.28. The maximum atomic E-state index is 10.8. The van der Waals surface area contributed by atoms with Gasteiger partial charge in [0.25, 0.3) is 0 Å². The lowest BCUT2D eigenvalue weighted by Crippen LogP contribution is -2.52. The van der Waals surface area contributed by atoms with Gasteiger partial charge in [0.15, 0.2) is 0 Å². The lowest BCUT2D eigenvalue weighted by atomic mass is 9.44. The van der Waals surface area contributed by atoms with Gasteiger partial charge in [0, 0.05) is 5.92 Å². The molecule has 4 aliphatic carbocycles. The van der Waals surface area contributed by atoms with Crippen LogP contribution in [0.3, 0.4) is 0 Å². The first kappa shape index (κ1) is 18.1. The van der Waals surface area contributed by atoms with Gasteiger partial charge in [-0.3, -0.25) is 0 Å². The third kappa shape index (κ3) is 2.65. The molecule has 26 heavy (non-hydrogen) atoms. The zero-order valence-corrected chi connectivity index (χ0v) is 16.5. The molecule has 0 aromatic carbocycles. The van der Waals surface area contributed by atoms with Gasteiger partial charge in [-0.15, -0.1) is 0 Å². The average molecular weight is 355 g/mol. The lowest BCUT2D eigenvalue weighted by molar-refractivity contribution is -0.130. The fraction of sp³-hybridized carbons (Fsp3) is 0.792. The Morgan fingerprint density at radius 2 is 1.69 bits per heavy atom. The molecule has 0 saturated heterocycles. The predicted octanol–water partition coefficient (Wildman–Crippen LogP) is 5.68. The van der Waals surface area contributed by atoms with Gasteiger partial charge in [-0.25, -0.2) is 4.79 Å². The normalized spacial score (nSPS) is 46.9. The van der Waals surface area contributed by atoms with E-state index in [1.165, 1.54) is 57.8 Å². The van der Waals surface area contributed by atoms with Crippen LogP contribution in [0.4, 0.5) is 0 Å². The number of allylic oxidation sites excluding steroid dienone is 1. The summed E-state index contributed by atoms with van der Waals surface area (Å²) in [7, 11) is 0. The van der Waals surface area contributed by atoms with E-state index < -0.39 is 5.97 Å². The Bertz CT molecular complexity index is 667. The Balaban J connectivity index is 1.58. The van der Waals surface area contributed by atoms with Crippen LogP contribution in [0.2, 0.25) is 0 Å². The first-order valence-electron chi connectivity index (χ1n) is 10.8. The van der Waals surface area contributed by atoms with Crippen LogP contribution in [-0.2, 0) is 4.79 Å². The number of aliphatic carboxylic acids is 1. The van der Waals surface area contributed by atoms with Crippen LogP contribution in [0.25, 0.3) is 0 Å². The van der Waals surface area contributed by atoms with Gasteiger partial charge in [0.2, 0.25) is 0 Å². The second-order valence-electron chi connectivity index (χ2n) is 10.2. The van der Waals surface area contributed by atoms with Crippen molar-refractivity contribution in [1.29, 1.82) is 0 Å². The van der Waals surface area contributed by atoms with Crippen molar-refractivity contribution in [2.24, 2.45) is 40.4 Å². The Labute approximate surface area is 158 Å². The summed E-state index contributed by atoms with van der Waals surface area (Å²) in [5.41, 5.74) is 1.73. The minimum absolute atomic E-state index is 0.281. The molecule has 0 aromatic rings. The van der Waals surface area contributed by atoms with Crippen molar-refractivity contribution in [1.82, 2.24) is 0 Å². The second kappa shape index (κ2) is 6.43. The van der Waals surface area contributed by atoms with Crippen LogP contribution >= 0.6 is 0 Å². The Morgan fingerprint density at radius 3 is 2.46 bits per heavy atom. The van der Waals surface area contributed by atoms with E-state index in [0.29, 0.717) is 11.3 Å². The third-order valence-corrected chi connectivity index (χ3v) is 9.33. The fourth-order valence-electron chi connectivity index (χ4n) is 8.09. The predicted molar refractivity (Wildman–Crippen MR) is 104 cm³/mol. The topological polar surface area (TPSA) is 37.3 Å². The molecule has 4 aliphatic rings. The lowest BCUT2D eigenvalue weighted by Gasteiger charge is -2.60. The van der Waals surface area contributed by atoms with E-state index >= 15 is 0 Å². The van der Waals surface area contributed by atoms with Crippen molar-refractivity contribution < 1.29 is 9.90 Å². The molecule has 4 fully saturated rings. The number of carboxylic acids is 1. The molecule has 4 rings (SSSR count). The second-order valence-corrected chi connectivity index (χ2v) is 10.2. The van der Waals surface area contributed by atoms with Gasteiger partial charge >= 0.3 is 5.97 Å². The molecule has 0 aliphatic heterocycles. The van der Waals surface area contributed by atoms with E-state index in [9.17, 15) is 4.79 Å². The number of carbonyl (C=O) groups is 1. The van der Waals surface area contributed by atoms with Crippen LogP contribution in [0, 0.1) is 52.3 Å². The van der Waals surface area contributed by atoms with Crippen molar-refractivity contribution in [2.45, 2.75) is 78.1 Å². The number of rotatable bonds is 1. The van der Waals surface area contributed by atoms with Gasteiger partial charge in [0.1, 0.15) is 0 Å². The summed E-state index contributed by atoms with van der Waals surface area (Å²) in [4.78, 5) is 10.8. The van der Waals surface area contributed by atoms with Crippen LogP contribution in [-0.4, -0.2) is 11.1 Å². The van der Waals surface area contributed by atoms with Crippen molar-refractivity contribution in [2.75, 3.05) is 0 Å². The summed E-state index contributed by atoms with van der Waals surface area (Å²) in [5.74, 6) is 8.05. The van der Waals surface area contributed by atoms with Gasteiger partial charge in [-0.05, 0) is 97.4 Å². The molecule has 1 N–H and O–H groups in total. The minimum Gasteiger partial charge on any atom is -0.472 e. The maximum Gasteiger partial charge on any atom is 0.382 e. The van der Waals surface area contributed by atoms with Gasteiger partial charge < -0.3 is 5.11 Å². The molecule has 0 heterocycles. The Hall–Kier alpha value is -1.23. The van der Waals surface area contributed by atoms with Crippen molar-refractivity contribution in [3.05, 3.63) is 12.2 Å². The zero-order valence-electron chi connectivity index (χ0n) is 16.5. The van der Waals surface area contributed by atoms with Crippen molar-refractivity contribution in [3.63, 3.8) is 0 Å². The highest BCUT2D eigenvalue weighted by Gasteiger charge is 2.59. The van der Waals surface area contributed by atoms with Gasteiger partial charge in [-0.2, -0.15) is 0 Å². The van der Waals surface area contributed by atoms with E-state index in [1.54, 1.807) is 0 Å². The van der Waals surface area contributed by atoms with E-state index in [-0.39, 0.29) is 5.41 Å². The van der Waals surface area contributed by atoms with E-state index in [2.05, 4.69) is 32.3 Å². The van der Waals surface area contributed by atoms with Gasteiger partial charge in [0.05, 0.1) is 0 Å². The van der Waals surface area contributed by atoms with Crippen LogP contribution in [0.15, 0.2) is 12.2 Å². The summed E-state index contributed by atoms with van der Waals surface area (Å²) < 4.78 is 0. The molecule has 2 heteroatoms. The van der Waals surface area contributed by atoms with Crippen LogP contribution in [0.1, 0.15) is 78.1 Å². The monoisotopic (exact) mass is 354 g/mol. The molecule has 7 atom stereocenters. The fourth-order valence-corrected chi connectivity index (χ4v) is 8.09. The zero-order chi connectivity index (χ0) is 18.5. The number of carboxylic acid groups (broad SMARTS) is 1. The van der Waals surface area contributed by atoms with Crippen molar-refractivity contribution in [3.8, 4) is 11.8 Å². The number of hydrogen-bond donors (Lipinski definition) is 1. The molecular weight excluding hydrogens is 320 g/mol.